The summed E-state index contributed by atoms with van der Waals surface area (Å²) >= 11 is 0. The molecule has 2 heterocycles. The largest absolute Gasteiger partial charge is 0.416 e. The molecule has 0 unspecified atom stereocenters. The van der Waals surface area contributed by atoms with Crippen LogP contribution in [0.2, 0.25) is 0 Å². The number of halogens is 3. The molecule has 2 N–H and O–H groups in total. The van der Waals surface area contributed by atoms with Crippen LogP contribution in [0.5, 0.6) is 0 Å². The van der Waals surface area contributed by atoms with Crippen molar-refractivity contribution in [1.29, 1.82) is 0 Å². The van der Waals surface area contributed by atoms with Gasteiger partial charge in [0.2, 0.25) is 5.78 Å². The monoisotopic (exact) mass is 547 g/mol. The standard InChI is InChI=1S/C29H24F3N5O3/c30-29(31,32)20-9-4-8-19(17-20)23-13-15-37(36-23)26-22(10-5-14-33-26)27(39)35-24(16-18-6-2-1-3-7-18)25(38)28(40)34-21-11-12-21/h1-10,13-15,17,21,24H,11-12,16H2,(H,34,40)(H,35,39)/t24-/m0/s1. The number of rotatable bonds is 9. The van der Waals surface area contributed by atoms with Crippen molar-refractivity contribution in [2.24, 2.45) is 0 Å². The van der Waals surface area contributed by atoms with E-state index in [1.165, 1.54) is 47.4 Å². The molecule has 4 aromatic rings. The smallest absolute Gasteiger partial charge is 0.347 e. The zero-order chi connectivity index (χ0) is 28.3. The van der Waals surface area contributed by atoms with Gasteiger partial charge >= 0.3 is 6.18 Å². The van der Waals surface area contributed by atoms with Crippen LogP contribution in [0.1, 0.15) is 34.3 Å². The number of carbonyl (C=O) groups excluding carboxylic acids is 3. The van der Waals surface area contributed by atoms with E-state index in [0.29, 0.717) is 0 Å². The second-order valence-corrected chi connectivity index (χ2v) is 9.43. The number of nitrogens with zero attached hydrogens (tertiary/aromatic N) is 3. The highest BCUT2D eigenvalue weighted by Gasteiger charge is 2.33. The Bertz CT molecular complexity index is 1550. The third-order valence-corrected chi connectivity index (χ3v) is 6.36. The molecule has 1 saturated carbocycles. The lowest BCUT2D eigenvalue weighted by molar-refractivity contribution is -0.139. The zero-order valence-electron chi connectivity index (χ0n) is 21.1. The van der Waals surface area contributed by atoms with E-state index in [1.807, 2.05) is 6.07 Å². The number of aromatic nitrogens is 3. The van der Waals surface area contributed by atoms with Crippen LogP contribution in [0.4, 0.5) is 13.2 Å². The van der Waals surface area contributed by atoms with Crippen molar-refractivity contribution >= 4 is 17.6 Å². The highest BCUT2D eigenvalue weighted by atomic mass is 19.4. The fraction of sp³-hybridized carbons (Fsp3) is 0.207. The third-order valence-electron chi connectivity index (χ3n) is 6.36. The summed E-state index contributed by atoms with van der Waals surface area (Å²) in [7, 11) is 0. The molecule has 204 valence electrons. The van der Waals surface area contributed by atoms with Crippen molar-refractivity contribution in [1.82, 2.24) is 25.4 Å². The van der Waals surface area contributed by atoms with Gasteiger partial charge in [0.1, 0.15) is 6.04 Å². The predicted molar refractivity (Wildman–Crippen MR) is 139 cm³/mol. The van der Waals surface area contributed by atoms with Crippen LogP contribution in [0.25, 0.3) is 17.1 Å². The number of alkyl halides is 3. The maximum atomic E-state index is 13.4. The Hall–Kier alpha value is -4.80. The summed E-state index contributed by atoms with van der Waals surface area (Å²) in [5.41, 5.74) is 0.499. The van der Waals surface area contributed by atoms with Crippen LogP contribution in [0, 0.1) is 0 Å². The van der Waals surface area contributed by atoms with Gasteiger partial charge in [-0.2, -0.15) is 18.3 Å². The quantitative estimate of drug-likeness (QED) is 0.307. The molecule has 8 nitrogen and oxygen atoms in total. The van der Waals surface area contributed by atoms with E-state index < -0.39 is 35.4 Å². The average molecular weight is 548 g/mol. The molecule has 2 amide bonds. The van der Waals surface area contributed by atoms with Crippen molar-refractivity contribution < 1.29 is 27.6 Å². The van der Waals surface area contributed by atoms with Crippen molar-refractivity contribution in [3.8, 4) is 17.1 Å². The lowest BCUT2D eigenvalue weighted by Crippen LogP contribution is -2.49. The maximum Gasteiger partial charge on any atom is 0.416 e. The Kier molecular flexibility index (Phi) is 7.45. The summed E-state index contributed by atoms with van der Waals surface area (Å²) in [6, 6.07) is 17.1. The number of ketones is 1. The molecule has 0 spiro atoms. The number of hydrogen-bond acceptors (Lipinski definition) is 5. The third kappa shape index (κ3) is 6.25. The van der Waals surface area contributed by atoms with E-state index in [2.05, 4.69) is 20.7 Å². The van der Waals surface area contributed by atoms with Crippen LogP contribution in [-0.4, -0.2) is 44.4 Å². The lowest BCUT2D eigenvalue weighted by atomic mass is 10.0. The summed E-state index contributed by atoms with van der Waals surface area (Å²) in [5, 5.41) is 9.68. The highest BCUT2D eigenvalue weighted by molar-refractivity contribution is 6.38. The first kappa shape index (κ1) is 26.8. The fourth-order valence-electron chi connectivity index (χ4n) is 4.14. The molecule has 1 aliphatic carbocycles. The normalized spacial score (nSPS) is 13.9. The maximum absolute atomic E-state index is 13.4. The molecule has 2 aromatic carbocycles. The number of benzene rings is 2. The molecule has 1 atom stereocenters. The second-order valence-electron chi connectivity index (χ2n) is 9.43. The Balaban J connectivity index is 1.40. The Morgan fingerprint density at radius 1 is 0.975 bits per heavy atom. The molecule has 2 aromatic heterocycles. The topological polar surface area (TPSA) is 106 Å². The van der Waals surface area contributed by atoms with Crippen LogP contribution in [0.15, 0.2) is 85.2 Å². The highest BCUT2D eigenvalue weighted by Crippen LogP contribution is 2.32. The molecule has 1 fully saturated rings. The van der Waals surface area contributed by atoms with E-state index in [1.54, 1.807) is 24.3 Å². The van der Waals surface area contributed by atoms with Gasteiger partial charge in [-0.15, -0.1) is 0 Å². The Morgan fingerprint density at radius 2 is 1.75 bits per heavy atom. The van der Waals surface area contributed by atoms with Crippen molar-refractivity contribution in [3.05, 3.63) is 102 Å². The molecule has 40 heavy (non-hydrogen) atoms. The molecule has 0 saturated heterocycles. The number of amides is 2. The molecule has 0 radical (unpaired) electrons. The van der Waals surface area contributed by atoms with Crippen LogP contribution < -0.4 is 10.6 Å². The summed E-state index contributed by atoms with van der Waals surface area (Å²) in [5.74, 6) is -2.08. The van der Waals surface area contributed by atoms with Crippen LogP contribution in [0.3, 0.4) is 0 Å². The van der Waals surface area contributed by atoms with Crippen LogP contribution in [-0.2, 0) is 22.2 Å². The van der Waals surface area contributed by atoms with Gasteiger partial charge in [-0.25, -0.2) is 9.67 Å². The number of hydrogen-bond donors (Lipinski definition) is 2. The van der Waals surface area contributed by atoms with E-state index in [4.69, 9.17) is 0 Å². The first-order valence-electron chi connectivity index (χ1n) is 12.6. The Morgan fingerprint density at radius 3 is 2.48 bits per heavy atom. The van der Waals surface area contributed by atoms with Gasteiger partial charge in [-0.05, 0) is 48.7 Å². The van der Waals surface area contributed by atoms with Gasteiger partial charge in [-0.3, -0.25) is 14.4 Å². The van der Waals surface area contributed by atoms with E-state index in [0.717, 1.165) is 30.5 Å². The van der Waals surface area contributed by atoms with Gasteiger partial charge in [0, 0.05) is 30.4 Å². The van der Waals surface area contributed by atoms with Crippen LogP contribution >= 0.6 is 0 Å². The molecule has 0 bridgehead atoms. The number of pyridine rings is 1. The first-order chi connectivity index (χ1) is 19.2. The molecular formula is C29H24F3N5O3. The summed E-state index contributed by atoms with van der Waals surface area (Å²) < 4.78 is 40.8. The summed E-state index contributed by atoms with van der Waals surface area (Å²) in [6.07, 6.45) is 0.118. The molecule has 11 heteroatoms. The van der Waals surface area contributed by atoms with E-state index in [9.17, 15) is 27.6 Å². The number of nitrogens with one attached hydrogen (secondary N) is 2. The Labute approximate surface area is 227 Å². The van der Waals surface area contributed by atoms with Gasteiger partial charge in [-0.1, -0.05) is 42.5 Å². The van der Waals surface area contributed by atoms with Crippen molar-refractivity contribution in [2.75, 3.05) is 0 Å². The lowest BCUT2D eigenvalue weighted by Gasteiger charge is -2.18. The van der Waals surface area contributed by atoms with Crippen molar-refractivity contribution in [2.45, 2.75) is 37.5 Å². The first-order valence-corrected chi connectivity index (χ1v) is 12.6. The summed E-state index contributed by atoms with van der Waals surface area (Å²) in [4.78, 5) is 43.3. The van der Waals surface area contributed by atoms with Gasteiger partial charge < -0.3 is 10.6 Å². The van der Waals surface area contributed by atoms with E-state index in [-0.39, 0.29) is 35.1 Å². The minimum atomic E-state index is -4.51. The second kappa shape index (κ2) is 11.1. The van der Waals surface area contributed by atoms with Gasteiger partial charge in [0.05, 0.1) is 16.8 Å². The zero-order valence-corrected chi connectivity index (χ0v) is 21.1. The van der Waals surface area contributed by atoms with E-state index >= 15 is 0 Å². The minimum Gasteiger partial charge on any atom is -0.347 e. The molecule has 5 rings (SSSR count). The van der Waals surface area contributed by atoms with Gasteiger partial charge in [0.25, 0.3) is 11.8 Å². The minimum absolute atomic E-state index is 0.0275. The summed E-state index contributed by atoms with van der Waals surface area (Å²) in [6.45, 7) is 0. The molecular weight excluding hydrogens is 523 g/mol. The predicted octanol–water partition coefficient (Wildman–Crippen LogP) is 4.14. The van der Waals surface area contributed by atoms with Crippen molar-refractivity contribution in [3.63, 3.8) is 0 Å². The number of Topliss-reactive ketones (excluding diaryl/α,β-unsaturated/α-hetero) is 1. The SMILES string of the molecule is O=C(NC1CC1)C(=O)[C@H](Cc1ccccc1)NC(=O)c1cccnc1-n1ccc(-c2cccc(C(F)(F)F)c2)n1. The molecule has 0 aliphatic heterocycles. The number of carbonyl (C=O) groups is 3. The van der Waals surface area contributed by atoms with Gasteiger partial charge in [0.15, 0.2) is 5.82 Å². The average Bonchev–Trinajstić information content (AvgIpc) is 3.63. The fourth-order valence-corrected chi connectivity index (χ4v) is 4.14. The molecule has 1 aliphatic rings.